The second-order valence-electron chi connectivity index (χ2n) is 6.27. The number of aromatic nitrogens is 2. The molecule has 0 N–H and O–H groups in total. The molecular weight excluding hydrogens is 283 g/mol. The number of esters is 1. The molecule has 0 aliphatic heterocycles. The van der Waals surface area contributed by atoms with Gasteiger partial charge in [0.2, 0.25) is 0 Å². The van der Waals surface area contributed by atoms with Crippen LogP contribution in [0.4, 0.5) is 4.39 Å². The van der Waals surface area contributed by atoms with Gasteiger partial charge in [-0.25, -0.2) is 4.39 Å². The highest BCUT2D eigenvalue weighted by Crippen LogP contribution is 2.21. The van der Waals surface area contributed by atoms with E-state index in [0.29, 0.717) is 12.0 Å². The van der Waals surface area contributed by atoms with Crippen molar-refractivity contribution in [3.8, 4) is 11.3 Å². The third-order valence-corrected chi connectivity index (χ3v) is 3.08. The summed E-state index contributed by atoms with van der Waals surface area (Å²) in [4.78, 5) is 11.7. The molecule has 1 heterocycles. The molecular formula is C17H21FN2O2. The number of carbonyl (C=O) groups is 1. The minimum absolute atomic E-state index is 0.164. The number of nitrogens with zero attached hydrogens (tertiary/aromatic N) is 2. The van der Waals surface area contributed by atoms with Crippen molar-refractivity contribution in [3.05, 3.63) is 41.8 Å². The van der Waals surface area contributed by atoms with Gasteiger partial charge in [0.25, 0.3) is 0 Å². The van der Waals surface area contributed by atoms with E-state index in [1.165, 1.54) is 6.07 Å². The fourth-order valence-electron chi connectivity index (χ4n) is 2.11. The first-order valence-corrected chi connectivity index (χ1v) is 7.25. The second-order valence-corrected chi connectivity index (χ2v) is 6.27. The molecule has 0 fully saturated rings. The zero-order valence-electron chi connectivity index (χ0n) is 13.4. The van der Waals surface area contributed by atoms with Gasteiger partial charge in [-0.3, -0.25) is 9.48 Å². The molecule has 0 bridgehead atoms. The maximum atomic E-state index is 14.1. The largest absolute Gasteiger partial charge is 0.460 e. The molecule has 0 saturated heterocycles. The maximum absolute atomic E-state index is 14.1. The highest BCUT2D eigenvalue weighted by Gasteiger charge is 2.16. The van der Waals surface area contributed by atoms with Crippen molar-refractivity contribution in [2.24, 2.45) is 7.05 Å². The number of hydrogen-bond donors (Lipinski definition) is 0. The fourth-order valence-corrected chi connectivity index (χ4v) is 2.11. The molecule has 0 aliphatic rings. The molecule has 0 radical (unpaired) electrons. The van der Waals surface area contributed by atoms with Crippen LogP contribution >= 0.6 is 0 Å². The van der Waals surface area contributed by atoms with Crippen molar-refractivity contribution >= 4 is 5.97 Å². The number of rotatable bonds is 4. The molecule has 2 rings (SSSR count). The first kappa shape index (κ1) is 16.2. The highest BCUT2D eigenvalue weighted by molar-refractivity contribution is 5.70. The third-order valence-electron chi connectivity index (χ3n) is 3.08. The van der Waals surface area contributed by atoms with E-state index >= 15 is 0 Å². The van der Waals surface area contributed by atoms with Crippen molar-refractivity contribution in [2.75, 3.05) is 0 Å². The number of ether oxygens (including phenoxy) is 1. The molecule has 0 amide bonds. The van der Waals surface area contributed by atoms with E-state index in [1.807, 2.05) is 46.1 Å². The molecule has 22 heavy (non-hydrogen) atoms. The lowest BCUT2D eigenvalue weighted by Gasteiger charge is -2.19. The lowest BCUT2D eigenvalue weighted by atomic mass is 10.0. The van der Waals surface area contributed by atoms with E-state index in [1.54, 1.807) is 10.7 Å². The Morgan fingerprint density at radius 1 is 1.32 bits per heavy atom. The Labute approximate surface area is 129 Å². The number of hydrogen-bond acceptors (Lipinski definition) is 3. The van der Waals surface area contributed by atoms with Crippen molar-refractivity contribution in [3.63, 3.8) is 0 Å². The molecule has 0 unspecified atom stereocenters. The molecule has 0 saturated carbocycles. The van der Waals surface area contributed by atoms with Gasteiger partial charge in [0, 0.05) is 25.2 Å². The molecule has 118 valence electrons. The average Bonchev–Trinajstić information content (AvgIpc) is 2.82. The van der Waals surface area contributed by atoms with Gasteiger partial charge < -0.3 is 4.74 Å². The molecule has 0 atom stereocenters. The summed E-state index contributed by atoms with van der Waals surface area (Å²) in [6.07, 6.45) is 2.30. The number of benzene rings is 1. The third kappa shape index (κ3) is 4.41. The van der Waals surface area contributed by atoms with Crippen LogP contribution in [-0.2, 0) is 23.0 Å². The van der Waals surface area contributed by atoms with Gasteiger partial charge in [-0.05, 0) is 44.9 Å². The van der Waals surface area contributed by atoms with Crippen LogP contribution in [0.2, 0.25) is 0 Å². The summed E-state index contributed by atoms with van der Waals surface area (Å²) >= 11 is 0. The van der Waals surface area contributed by atoms with E-state index < -0.39 is 5.60 Å². The van der Waals surface area contributed by atoms with E-state index in [2.05, 4.69) is 5.10 Å². The Morgan fingerprint density at radius 3 is 2.59 bits per heavy atom. The zero-order valence-corrected chi connectivity index (χ0v) is 13.4. The summed E-state index contributed by atoms with van der Waals surface area (Å²) in [7, 11) is 1.81. The summed E-state index contributed by atoms with van der Waals surface area (Å²) < 4.78 is 21.0. The van der Waals surface area contributed by atoms with E-state index in [4.69, 9.17) is 4.74 Å². The maximum Gasteiger partial charge on any atom is 0.306 e. The van der Waals surface area contributed by atoms with Gasteiger partial charge in [0.05, 0.1) is 5.69 Å². The summed E-state index contributed by atoms with van der Waals surface area (Å²) in [5.41, 5.74) is 1.43. The van der Waals surface area contributed by atoms with Crippen molar-refractivity contribution in [1.82, 2.24) is 9.78 Å². The quantitative estimate of drug-likeness (QED) is 0.812. The molecule has 2 aromatic rings. The van der Waals surface area contributed by atoms with E-state index in [-0.39, 0.29) is 18.2 Å². The van der Waals surface area contributed by atoms with Crippen LogP contribution in [0.25, 0.3) is 11.3 Å². The number of carbonyl (C=O) groups excluding carboxylic acids is 1. The normalized spacial score (nSPS) is 11.5. The van der Waals surface area contributed by atoms with Crippen LogP contribution in [0.5, 0.6) is 0 Å². The van der Waals surface area contributed by atoms with Crippen LogP contribution < -0.4 is 0 Å². The Hall–Kier alpha value is -2.17. The first-order valence-electron chi connectivity index (χ1n) is 7.25. The number of halogens is 1. The summed E-state index contributed by atoms with van der Waals surface area (Å²) in [5.74, 6) is -0.646. The predicted octanol–water partition coefficient (Wildman–Crippen LogP) is 3.50. The Bertz CT molecular complexity index is 672. The number of aryl methyl sites for hydroxylation is 2. The molecule has 1 aromatic heterocycles. The molecule has 0 spiro atoms. The summed E-state index contributed by atoms with van der Waals surface area (Å²) in [6, 6.07) is 6.79. The SMILES string of the molecule is Cn1ccc(-c2ccc(CCC(=O)OC(C)(C)C)c(F)c2)n1. The predicted molar refractivity (Wildman–Crippen MR) is 82.8 cm³/mol. The van der Waals surface area contributed by atoms with E-state index in [0.717, 1.165) is 11.3 Å². The average molecular weight is 304 g/mol. The second kappa shape index (κ2) is 6.30. The van der Waals surface area contributed by atoms with Crippen molar-refractivity contribution in [2.45, 2.75) is 39.2 Å². The fraction of sp³-hybridized carbons (Fsp3) is 0.412. The van der Waals surface area contributed by atoms with Gasteiger partial charge in [-0.15, -0.1) is 0 Å². The van der Waals surface area contributed by atoms with E-state index in [9.17, 15) is 9.18 Å². The molecule has 1 aromatic carbocycles. The molecule has 0 aliphatic carbocycles. The van der Waals surface area contributed by atoms with Gasteiger partial charge in [0.15, 0.2) is 0 Å². The summed E-state index contributed by atoms with van der Waals surface area (Å²) in [6.45, 7) is 5.44. The van der Waals surface area contributed by atoms with Crippen molar-refractivity contribution in [1.29, 1.82) is 0 Å². The smallest absolute Gasteiger partial charge is 0.306 e. The van der Waals surface area contributed by atoms with Crippen LogP contribution in [-0.4, -0.2) is 21.4 Å². The van der Waals surface area contributed by atoms with Crippen LogP contribution in [0.3, 0.4) is 0 Å². The van der Waals surface area contributed by atoms with Gasteiger partial charge in [-0.1, -0.05) is 12.1 Å². The minimum Gasteiger partial charge on any atom is -0.460 e. The Morgan fingerprint density at radius 2 is 2.05 bits per heavy atom. The lowest BCUT2D eigenvalue weighted by molar-refractivity contribution is -0.154. The summed E-state index contributed by atoms with van der Waals surface area (Å²) in [5, 5.41) is 4.24. The standard InChI is InChI=1S/C17H21FN2O2/c1-17(2,3)22-16(21)8-7-12-5-6-13(11-14(12)18)15-9-10-20(4)19-15/h5-6,9-11H,7-8H2,1-4H3. The highest BCUT2D eigenvalue weighted by atomic mass is 19.1. The van der Waals surface area contributed by atoms with Crippen LogP contribution in [0, 0.1) is 5.82 Å². The topological polar surface area (TPSA) is 44.1 Å². The van der Waals surface area contributed by atoms with Crippen molar-refractivity contribution < 1.29 is 13.9 Å². The molecule has 4 nitrogen and oxygen atoms in total. The first-order chi connectivity index (χ1) is 10.2. The van der Waals surface area contributed by atoms with Gasteiger partial charge >= 0.3 is 5.97 Å². The lowest BCUT2D eigenvalue weighted by Crippen LogP contribution is -2.24. The Balaban J connectivity index is 2.03. The minimum atomic E-state index is -0.515. The van der Waals surface area contributed by atoms with Gasteiger partial charge in [0.1, 0.15) is 11.4 Å². The van der Waals surface area contributed by atoms with Gasteiger partial charge in [-0.2, -0.15) is 5.10 Å². The van der Waals surface area contributed by atoms with Crippen LogP contribution in [0.15, 0.2) is 30.5 Å². The van der Waals surface area contributed by atoms with Crippen LogP contribution in [0.1, 0.15) is 32.8 Å². The Kier molecular flexibility index (Phi) is 4.64. The zero-order chi connectivity index (χ0) is 16.3. The monoisotopic (exact) mass is 304 g/mol. The molecule has 5 heteroatoms.